The van der Waals surface area contributed by atoms with E-state index in [1.165, 1.54) is 18.2 Å². The lowest BCUT2D eigenvalue weighted by molar-refractivity contribution is -0.148. The van der Waals surface area contributed by atoms with Gasteiger partial charge in [0, 0.05) is 22.5 Å². The Labute approximate surface area is 275 Å². The molecule has 2 heterocycles. The second-order valence-corrected chi connectivity index (χ2v) is 14.3. The van der Waals surface area contributed by atoms with Crippen molar-refractivity contribution in [3.05, 3.63) is 76.1 Å². The maximum atomic E-state index is 13.4. The van der Waals surface area contributed by atoms with Crippen molar-refractivity contribution in [2.24, 2.45) is 11.8 Å². The molecule has 0 unspecified atom stereocenters. The van der Waals surface area contributed by atoms with Gasteiger partial charge in [0.2, 0.25) is 6.79 Å². The summed E-state index contributed by atoms with van der Waals surface area (Å²) in [4.78, 5) is 17.9. The van der Waals surface area contributed by atoms with E-state index in [4.69, 9.17) is 30.5 Å². The Morgan fingerprint density at radius 3 is 2.67 bits per heavy atom. The molecule has 2 aromatic carbocycles. The normalized spacial score (nSPS) is 28.3. The minimum atomic E-state index is -0.843. The number of rotatable bonds is 8. The molecular formula is C37H43ClN2O6. The maximum Gasteiger partial charge on any atom is 0.331 e. The summed E-state index contributed by atoms with van der Waals surface area (Å²) >= 11 is 6.30. The summed E-state index contributed by atoms with van der Waals surface area (Å²) < 4.78 is 23.5. The number of aliphatic hydroxyl groups is 1. The van der Waals surface area contributed by atoms with E-state index >= 15 is 0 Å². The quantitative estimate of drug-likeness (QED) is 0.243. The number of ether oxygens (including phenoxy) is 4. The number of nitrogens with one attached hydrogen (secondary N) is 1. The number of carbonyl (C=O) groups excluding carboxylic acids is 1. The van der Waals surface area contributed by atoms with E-state index in [0.717, 1.165) is 72.7 Å². The highest BCUT2D eigenvalue weighted by Gasteiger charge is 2.55. The van der Waals surface area contributed by atoms with E-state index in [2.05, 4.69) is 36.3 Å². The molecule has 8 nitrogen and oxygen atoms in total. The molecule has 7 rings (SSSR count). The summed E-state index contributed by atoms with van der Waals surface area (Å²) in [5, 5.41) is 14.7. The molecule has 2 N–H and O–H groups in total. The molecule has 0 amide bonds. The van der Waals surface area contributed by atoms with Crippen molar-refractivity contribution in [1.29, 1.82) is 0 Å². The molecule has 1 saturated carbocycles. The van der Waals surface area contributed by atoms with Crippen molar-refractivity contribution < 1.29 is 28.8 Å². The van der Waals surface area contributed by atoms with Gasteiger partial charge in [0.15, 0.2) is 11.5 Å². The first-order chi connectivity index (χ1) is 22.2. The van der Waals surface area contributed by atoms with Crippen molar-refractivity contribution in [3.8, 4) is 17.2 Å². The first-order valence-corrected chi connectivity index (χ1v) is 16.9. The van der Waals surface area contributed by atoms with Crippen molar-refractivity contribution in [1.82, 2.24) is 4.98 Å². The molecule has 1 spiro atoms. The number of aliphatic hydroxyl groups excluding tert-OH is 1. The third-order valence-electron chi connectivity index (χ3n) is 11.0. The van der Waals surface area contributed by atoms with Crippen LogP contribution in [-0.4, -0.2) is 42.1 Å². The number of carbonyl (C=O) groups is 1. The van der Waals surface area contributed by atoms with Gasteiger partial charge in [-0.1, -0.05) is 31.5 Å². The van der Waals surface area contributed by atoms with Crippen LogP contribution >= 0.6 is 11.6 Å². The minimum absolute atomic E-state index is 0.118. The van der Waals surface area contributed by atoms with Gasteiger partial charge in [-0.15, -0.1) is 0 Å². The monoisotopic (exact) mass is 646 g/mol. The van der Waals surface area contributed by atoms with Gasteiger partial charge >= 0.3 is 5.97 Å². The third-order valence-corrected chi connectivity index (χ3v) is 11.3. The summed E-state index contributed by atoms with van der Waals surface area (Å²) in [5.74, 6) is 3.14. The molecule has 1 aromatic heterocycles. The topological polar surface area (TPSA) is 99.1 Å². The van der Waals surface area contributed by atoms with Crippen molar-refractivity contribution >= 4 is 23.3 Å². The summed E-state index contributed by atoms with van der Waals surface area (Å²) in [5.41, 5.74) is 4.29. The molecule has 3 aromatic rings. The second-order valence-electron chi connectivity index (χ2n) is 13.9. The van der Waals surface area contributed by atoms with E-state index in [1.807, 2.05) is 30.3 Å². The highest BCUT2D eigenvalue weighted by Crippen LogP contribution is 2.58. The molecule has 9 heteroatoms. The van der Waals surface area contributed by atoms with Gasteiger partial charge < -0.3 is 29.4 Å². The Morgan fingerprint density at radius 2 is 1.91 bits per heavy atom. The van der Waals surface area contributed by atoms with Gasteiger partial charge in [-0.3, -0.25) is 4.98 Å². The van der Waals surface area contributed by atoms with E-state index in [0.29, 0.717) is 36.3 Å². The summed E-state index contributed by atoms with van der Waals surface area (Å²) in [6, 6.07) is 13.8. The molecule has 3 aliphatic carbocycles. The minimum Gasteiger partial charge on any atom is -0.493 e. The number of fused-ring (bicyclic) bond motifs is 4. The number of halogens is 1. The molecule has 244 valence electrons. The lowest BCUT2D eigenvalue weighted by atomic mass is 9.59. The van der Waals surface area contributed by atoms with Crippen LogP contribution in [0.25, 0.3) is 0 Å². The third kappa shape index (κ3) is 5.47. The number of pyridine rings is 1. The summed E-state index contributed by atoms with van der Waals surface area (Å²) in [7, 11) is 1.46. The van der Waals surface area contributed by atoms with Crippen molar-refractivity contribution in [2.75, 3.05) is 25.8 Å². The SMILES string of the molecule is COC(=O)C1(Nc2cccc(Cl)c2)CCC2(CC1)c1cc3c(cc1C[C@@H]2C[C@@H](C)COc1ccnc2c1[C@H](C)CC[C@H]2O)OCO3. The van der Waals surface area contributed by atoms with Gasteiger partial charge in [0.05, 0.1) is 25.5 Å². The Hall–Kier alpha value is -3.49. The number of hydrogen-bond donors (Lipinski definition) is 2. The van der Waals surface area contributed by atoms with Crippen LogP contribution in [0.5, 0.6) is 17.2 Å². The zero-order chi connectivity index (χ0) is 32.1. The lowest BCUT2D eigenvalue weighted by Crippen LogP contribution is -2.53. The van der Waals surface area contributed by atoms with Crippen molar-refractivity contribution in [3.63, 3.8) is 0 Å². The van der Waals surface area contributed by atoms with Crippen LogP contribution in [0.4, 0.5) is 5.69 Å². The molecule has 4 atom stereocenters. The number of esters is 1. The van der Waals surface area contributed by atoms with Gasteiger partial charge in [-0.25, -0.2) is 4.79 Å². The summed E-state index contributed by atoms with van der Waals surface area (Å²) in [6.07, 6.45) is 7.70. The first kappa shape index (κ1) is 31.1. The number of benzene rings is 2. The van der Waals surface area contributed by atoms with E-state index < -0.39 is 11.6 Å². The highest BCUT2D eigenvalue weighted by molar-refractivity contribution is 6.30. The fourth-order valence-corrected chi connectivity index (χ4v) is 8.85. The van der Waals surface area contributed by atoms with Gasteiger partial charge in [-0.05, 0) is 122 Å². The van der Waals surface area contributed by atoms with Crippen LogP contribution in [0.3, 0.4) is 0 Å². The molecule has 1 aliphatic heterocycles. The Balaban J connectivity index is 1.14. The van der Waals surface area contributed by atoms with Crippen LogP contribution in [0.15, 0.2) is 48.7 Å². The lowest BCUT2D eigenvalue weighted by Gasteiger charge is -2.47. The molecule has 1 fully saturated rings. The fourth-order valence-electron chi connectivity index (χ4n) is 8.66. The standard InChI is InChI=1S/C37H43ClN2O6/c1-22(20-44-30-9-14-39-34-29(41)8-7-23(2)33(30)34)15-25-16-24-17-31-32(46-21-45-31)19-28(24)36(25)10-12-37(13-11-36,35(42)43-3)40-27-6-4-5-26(38)18-27/h4-6,9,14,17-19,22-23,25,29,40-41H,7-8,10-13,15-16,20-21H2,1-3H3/t22-,23-,25+,29-,36?,37?/m1/s1. The van der Waals surface area contributed by atoms with Crippen LogP contribution < -0.4 is 19.5 Å². The maximum absolute atomic E-state index is 13.4. The molecule has 0 saturated heterocycles. The average Bonchev–Trinajstić information content (AvgIpc) is 3.63. The van der Waals surface area contributed by atoms with Crippen LogP contribution in [0.1, 0.15) is 93.2 Å². The van der Waals surface area contributed by atoms with Gasteiger partial charge in [0.25, 0.3) is 0 Å². The predicted molar refractivity (Wildman–Crippen MR) is 176 cm³/mol. The largest absolute Gasteiger partial charge is 0.493 e. The molecule has 0 bridgehead atoms. The Morgan fingerprint density at radius 1 is 1.13 bits per heavy atom. The number of nitrogens with zero attached hydrogens (tertiary/aromatic N) is 1. The van der Waals surface area contributed by atoms with Gasteiger partial charge in [0.1, 0.15) is 11.3 Å². The number of anilines is 1. The zero-order valence-corrected chi connectivity index (χ0v) is 27.6. The van der Waals surface area contributed by atoms with E-state index in [1.54, 1.807) is 6.20 Å². The van der Waals surface area contributed by atoms with Crippen LogP contribution in [0, 0.1) is 11.8 Å². The number of hydrogen-bond acceptors (Lipinski definition) is 8. The van der Waals surface area contributed by atoms with Crippen LogP contribution in [-0.2, 0) is 21.4 Å². The molecular weight excluding hydrogens is 604 g/mol. The number of methoxy groups -OCH3 is 1. The molecule has 46 heavy (non-hydrogen) atoms. The van der Waals surface area contributed by atoms with E-state index in [9.17, 15) is 9.90 Å². The fraction of sp³-hybridized carbons (Fsp3) is 0.514. The van der Waals surface area contributed by atoms with Crippen molar-refractivity contribution in [2.45, 2.75) is 88.2 Å². The molecule has 0 radical (unpaired) electrons. The smallest absolute Gasteiger partial charge is 0.331 e. The zero-order valence-electron chi connectivity index (χ0n) is 26.8. The molecule has 4 aliphatic rings. The summed E-state index contributed by atoms with van der Waals surface area (Å²) in [6.45, 7) is 5.27. The Kier molecular flexibility index (Phi) is 8.30. The second kappa shape index (κ2) is 12.3. The van der Waals surface area contributed by atoms with E-state index in [-0.39, 0.29) is 24.1 Å². The van der Waals surface area contributed by atoms with Crippen LogP contribution in [0.2, 0.25) is 5.02 Å². The predicted octanol–water partition coefficient (Wildman–Crippen LogP) is 7.51. The first-order valence-electron chi connectivity index (χ1n) is 16.6. The Bertz CT molecular complexity index is 1620. The number of aromatic nitrogens is 1. The highest BCUT2D eigenvalue weighted by atomic mass is 35.5. The van der Waals surface area contributed by atoms with Gasteiger partial charge in [-0.2, -0.15) is 0 Å². The average molecular weight is 647 g/mol.